The molecule has 1 aromatic rings. The summed E-state index contributed by atoms with van der Waals surface area (Å²) in [5.41, 5.74) is 1.61. The minimum atomic E-state index is -3.30. The normalized spacial score (nSPS) is 13.6. The number of anilines is 1. The molecule has 18 heavy (non-hydrogen) atoms. The Morgan fingerprint density at radius 3 is 2.33 bits per heavy atom. The molecule has 1 rings (SSSR count). The molecule has 0 amide bonds. The quantitative estimate of drug-likeness (QED) is 0.835. The molecule has 4 nitrogen and oxygen atoms in total. The van der Waals surface area contributed by atoms with Crippen molar-refractivity contribution < 1.29 is 8.42 Å². The summed E-state index contributed by atoms with van der Waals surface area (Å²) in [7, 11) is -3.30. The van der Waals surface area contributed by atoms with Crippen molar-refractivity contribution in [3.8, 4) is 0 Å². The fourth-order valence-corrected chi connectivity index (χ4v) is 2.38. The van der Waals surface area contributed by atoms with Crippen LogP contribution in [0.25, 0.3) is 0 Å². The molecule has 1 unspecified atom stereocenters. The van der Waals surface area contributed by atoms with E-state index in [1.165, 1.54) is 0 Å². The average Bonchev–Trinajstić information content (AvgIpc) is 2.29. The Morgan fingerprint density at radius 2 is 1.78 bits per heavy atom. The van der Waals surface area contributed by atoms with E-state index in [0.29, 0.717) is 5.69 Å². The monoisotopic (exact) mass is 270 g/mol. The molecule has 0 aliphatic rings. The van der Waals surface area contributed by atoms with E-state index < -0.39 is 15.3 Å². The summed E-state index contributed by atoms with van der Waals surface area (Å²) in [5.74, 6) is 0. The van der Waals surface area contributed by atoms with Crippen LogP contribution >= 0.6 is 0 Å². The lowest BCUT2D eigenvalue weighted by atomic mass is 10.1. The van der Waals surface area contributed by atoms with Gasteiger partial charge in [0.1, 0.15) is 0 Å². The van der Waals surface area contributed by atoms with Crippen LogP contribution in [0.1, 0.15) is 39.3 Å². The molecular weight excluding hydrogens is 248 g/mol. The van der Waals surface area contributed by atoms with Gasteiger partial charge in [-0.05, 0) is 38.9 Å². The number of sulfonamides is 1. The molecule has 102 valence electrons. The number of para-hydroxylation sites is 1. The molecule has 5 heteroatoms. The molecular formula is C13H22N2O2S. The molecule has 0 radical (unpaired) electrons. The SMILES string of the molecule is CCNC(C)c1ccccc1NS(=O)(=O)C(C)C. The Bertz CT molecular complexity index is 484. The van der Waals surface area contributed by atoms with Crippen molar-refractivity contribution >= 4 is 15.7 Å². The van der Waals surface area contributed by atoms with Crippen molar-refractivity contribution in [2.45, 2.75) is 39.0 Å². The Labute approximate surface area is 110 Å². The second-order valence-electron chi connectivity index (χ2n) is 4.56. The van der Waals surface area contributed by atoms with Crippen LogP contribution in [0.5, 0.6) is 0 Å². The lowest BCUT2D eigenvalue weighted by molar-refractivity contribution is 0.590. The lowest BCUT2D eigenvalue weighted by Gasteiger charge is -2.19. The highest BCUT2D eigenvalue weighted by molar-refractivity contribution is 7.93. The molecule has 0 aromatic heterocycles. The second kappa shape index (κ2) is 6.20. The first-order valence-corrected chi connectivity index (χ1v) is 7.77. The maximum Gasteiger partial charge on any atom is 0.235 e. The van der Waals surface area contributed by atoms with Gasteiger partial charge in [-0.3, -0.25) is 4.72 Å². The Morgan fingerprint density at radius 1 is 1.17 bits per heavy atom. The number of rotatable bonds is 6. The van der Waals surface area contributed by atoms with Gasteiger partial charge in [0, 0.05) is 6.04 Å². The lowest BCUT2D eigenvalue weighted by Crippen LogP contribution is -2.25. The van der Waals surface area contributed by atoms with E-state index in [-0.39, 0.29) is 6.04 Å². The van der Waals surface area contributed by atoms with Crippen LogP contribution in [-0.2, 0) is 10.0 Å². The van der Waals surface area contributed by atoms with Gasteiger partial charge in [-0.1, -0.05) is 25.1 Å². The van der Waals surface area contributed by atoms with E-state index in [0.717, 1.165) is 12.1 Å². The summed E-state index contributed by atoms with van der Waals surface area (Å²) in [6, 6.07) is 7.59. The van der Waals surface area contributed by atoms with E-state index in [9.17, 15) is 8.42 Å². The predicted molar refractivity (Wildman–Crippen MR) is 76.2 cm³/mol. The zero-order chi connectivity index (χ0) is 13.8. The topological polar surface area (TPSA) is 58.2 Å². The highest BCUT2D eigenvalue weighted by Crippen LogP contribution is 2.24. The van der Waals surface area contributed by atoms with Gasteiger partial charge in [0.05, 0.1) is 10.9 Å². The van der Waals surface area contributed by atoms with Crippen molar-refractivity contribution in [2.24, 2.45) is 0 Å². The number of hydrogen-bond donors (Lipinski definition) is 2. The minimum Gasteiger partial charge on any atom is -0.310 e. The summed E-state index contributed by atoms with van der Waals surface area (Å²) < 4.78 is 26.5. The Kier molecular flexibility index (Phi) is 5.16. The van der Waals surface area contributed by atoms with E-state index in [4.69, 9.17) is 0 Å². The van der Waals surface area contributed by atoms with Gasteiger partial charge >= 0.3 is 0 Å². The highest BCUT2D eigenvalue weighted by atomic mass is 32.2. The zero-order valence-electron chi connectivity index (χ0n) is 11.4. The van der Waals surface area contributed by atoms with E-state index in [2.05, 4.69) is 10.0 Å². The van der Waals surface area contributed by atoms with Crippen molar-refractivity contribution in [2.75, 3.05) is 11.3 Å². The first-order chi connectivity index (χ1) is 8.38. The fraction of sp³-hybridized carbons (Fsp3) is 0.538. The molecule has 0 aliphatic carbocycles. The van der Waals surface area contributed by atoms with Crippen molar-refractivity contribution in [3.63, 3.8) is 0 Å². The summed E-state index contributed by atoms with van der Waals surface area (Å²) in [6.45, 7) is 8.22. The van der Waals surface area contributed by atoms with Gasteiger partial charge < -0.3 is 5.32 Å². The predicted octanol–water partition coefficient (Wildman–Crippen LogP) is 2.51. The first-order valence-electron chi connectivity index (χ1n) is 6.22. The van der Waals surface area contributed by atoms with Gasteiger partial charge in [0.15, 0.2) is 0 Å². The van der Waals surface area contributed by atoms with Crippen molar-refractivity contribution in [1.82, 2.24) is 5.32 Å². The second-order valence-corrected chi connectivity index (χ2v) is 6.80. The molecule has 0 saturated heterocycles. The van der Waals surface area contributed by atoms with E-state index in [1.54, 1.807) is 19.9 Å². The van der Waals surface area contributed by atoms with Gasteiger partial charge in [0.2, 0.25) is 10.0 Å². The molecule has 1 aromatic carbocycles. The van der Waals surface area contributed by atoms with Gasteiger partial charge in [0.25, 0.3) is 0 Å². The smallest absolute Gasteiger partial charge is 0.235 e. The van der Waals surface area contributed by atoms with Crippen LogP contribution in [0.4, 0.5) is 5.69 Å². The van der Waals surface area contributed by atoms with Gasteiger partial charge in [-0.25, -0.2) is 8.42 Å². The Hall–Kier alpha value is -1.07. The number of hydrogen-bond acceptors (Lipinski definition) is 3. The van der Waals surface area contributed by atoms with Crippen molar-refractivity contribution in [1.29, 1.82) is 0 Å². The van der Waals surface area contributed by atoms with Gasteiger partial charge in [-0.15, -0.1) is 0 Å². The summed E-state index contributed by atoms with van der Waals surface area (Å²) in [5, 5.41) is 2.84. The largest absolute Gasteiger partial charge is 0.310 e. The van der Waals surface area contributed by atoms with E-state index >= 15 is 0 Å². The molecule has 0 saturated carbocycles. The molecule has 0 heterocycles. The minimum absolute atomic E-state index is 0.112. The van der Waals surface area contributed by atoms with Gasteiger partial charge in [-0.2, -0.15) is 0 Å². The highest BCUT2D eigenvalue weighted by Gasteiger charge is 2.18. The zero-order valence-corrected chi connectivity index (χ0v) is 12.2. The van der Waals surface area contributed by atoms with Crippen LogP contribution in [0.2, 0.25) is 0 Å². The van der Waals surface area contributed by atoms with Crippen LogP contribution in [0.15, 0.2) is 24.3 Å². The summed E-state index contributed by atoms with van der Waals surface area (Å²) in [6.07, 6.45) is 0. The van der Waals surface area contributed by atoms with Crippen LogP contribution in [0.3, 0.4) is 0 Å². The third-order valence-electron chi connectivity index (χ3n) is 2.81. The molecule has 0 spiro atoms. The third-order valence-corrected chi connectivity index (χ3v) is 4.56. The molecule has 2 N–H and O–H groups in total. The standard InChI is InChI=1S/C13H22N2O2S/c1-5-14-11(4)12-8-6-7-9-13(12)15-18(16,17)10(2)3/h6-11,14-15H,5H2,1-4H3. The molecule has 0 bridgehead atoms. The Balaban J connectivity index is 3.03. The van der Waals surface area contributed by atoms with Crippen LogP contribution in [0, 0.1) is 0 Å². The fourth-order valence-electron chi connectivity index (χ4n) is 1.65. The molecule has 0 fully saturated rings. The average molecular weight is 270 g/mol. The molecule has 0 aliphatic heterocycles. The maximum absolute atomic E-state index is 11.9. The third kappa shape index (κ3) is 3.71. The maximum atomic E-state index is 11.9. The van der Waals surface area contributed by atoms with E-state index in [1.807, 2.05) is 32.0 Å². The summed E-state index contributed by atoms with van der Waals surface area (Å²) >= 11 is 0. The van der Waals surface area contributed by atoms with Crippen molar-refractivity contribution in [3.05, 3.63) is 29.8 Å². The first kappa shape index (κ1) is 15.0. The number of benzene rings is 1. The summed E-state index contributed by atoms with van der Waals surface area (Å²) in [4.78, 5) is 0. The number of nitrogens with one attached hydrogen (secondary N) is 2. The molecule has 1 atom stereocenters. The van der Waals surface area contributed by atoms with Crippen LogP contribution in [-0.4, -0.2) is 20.2 Å². The van der Waals surface area contributed by atoms with Crippen LogP contribution < -0.4 is 10.0 Å².